The second kappa shape index (κ2) is 8.55. The Labute approximate surface area is 176 Å². The summed E-state index contributed by atoms with van der Waals surface area (Å²) in [4.78, 5) is 34.7. The fourth-order valence-electron chi connectivity index (χ4n) is 4.65. The van der Waals surface area contributed by atoms with E-state index in [9.17, 15) is 14.9 Å². The SMILES string of the molecule is Cc1cc(N2CCN(CC(=O)N3CCCCC3C)CC2)c2cccc([N+](=O)[O-])c2n1. The fourth-order valence-corrected chi connectivity index (χ4v) is 4.65. The maximum Gasteiger partial charge on any atom is 0.295 e. The normalized spacial score (nSPS) is 20.5. The van der Waals surface area contributed by atoms with E-state index in [-0.39, 0.29) is 16.5 Å². The zero-order valence-corrected chi connectivity index (χ0v) is 17.7. The second-order valence-corrected chi connectivity index (χ2v) is 8.41. The van der Waals surface area contributed by atoms with Gasteiger partial charge in [-0.25, -0.2) is 4.98 Å². The summed E-state index contributed by atoms with van der Waals surface area (Å²) in [7, 11) is 0. The van der Waals surface area contributed by atoms with E-state index >= 15 is 0 Å². The topological polar surface area (TPSA) is 82.8 Å². The van der Waals surface area contributed by atoms with Gasteiger partial charge >= 0.3 is 0 Å². The molecule has 1 unspecified atom stereocenters. The van der Waals surface area contributed by atoms with Crippen molar-refractivity contribution in [2.75, 3.05) is 44.2 Å². The minimum absolute atomic E-state index is 0.0392. The van der Waals surface area contributed by atoms with Crippen LogP contribution in [0.15, 0.2) is 24.3 Å². The molecule has 2 aliphatic rings. The van der Waals surface area contributed by atoms with Crippen molar-refractivity contribution in [3.8, 4) is 0 Å². The van der Waals surface area contributed by atoms with E-state index in [1.165, 1.54) is 12.5 Å². The lowest BCUT2D eigenvalue weighted by atomic mass is 10.0. The third-order valence-corrected chi connectivity index (χ3v) is 6.32. The smallest absolute Gasteiger partial charge is 0.295 e. The van der Waals surface area contributed by atoms with Gasteiger partial charge in [-0.15, -0.1) is 0 Å². The first-order valence-corrected chi connectivity index (χ1v) is 10.8. The number of aryl methyl sites for hydroxylation is 1. The molecule has 160 valence electrons. The van der Waals surface area contributed by atoms with Crippen molar-refractivity contribution in [2.45, 2.75) is 39.2 Å². The Morgan fingerprint density at radius 2 is 1.97 bits per heavy atom. The predicted molar refractivity (Wildman–Crippen MR) is 117 cm³/mol. The molecule has 2 aliphatic heterocycles. The standard InChI is InChI=1S/C22H29N5O3/c1-16-14-20(18-7-5-8-19(27(29)30)22(18)23-16)25-12-10-24(11-13-25)15-21(28)26-9-4-3-6-17(26)2/h5,7-8,14,17H,3-4,6,9-13,15H2,1-2H3. The summed E-state index contributed by atoms with van der Waals surface area (Å²) in [5, 5.41) is 12.2. The molecule has 0 saturated carbocycles. The van der Waals surface area contributed by atoms with Gasteiger partial charge in [0.05, 0.1) is 11.5 Å². The van der Waals surface area contributed by atoms with E-state index in [1.54, 1.807) is 6.07 Å². The molecule has 0 spiro atoms. The maximum atomic E-state index is 12.7. The van der Waals surface area contributed by atoms with E-state index in [0.29, 0.717) is 18.1 Å². The lowest BCUT2D eigenvalue weighted by Crippen LogP contribution is -2.52. The van der Waals surface area contributed by atoms with Gasteiger partial charge in [0.1, 0.15) is 0 Å². The Balaban J connectivity index is 1.47. The first-order chi connectivity index (χ1) is 14.4. The number of likely N-dealkylation sites (tertiary alicyclic amines) is 1. The molecule has 4 rings (SSSR count). The molecular weight excluding hydrogens is 382 g/mol. The molecule has 2 fully saturated rings. The zero-order chi connectivity index (χ0) is 21.3. The number of anilines is 1. The molecule has 1 aromatic carbocycles. The number of nitro benzene ring substituents is 1. The largest absolute Gasteiger partial charge is 0.368 e. The highest BCUT2D eigenvalue weighted by atomic mass is 16.6. The highest BCUT2D eigenvalue weighted by Gasteiger charge is 2.27. The number of amides is 1. The summed E-state index contributed by atoms with van der Waals surface area (Å²) in [6.45, 7) is 8.52. The van der Waals surface area contributed by atoms with E-state index < -0.39 is 0 Å². The summed E-state index contributed by atoms with van der Waals surface area (Å²) < 4.78 is 0. The number of piperidine rings is 1. The van der Waals surface area contributed by atoms with Gasteiger partial charge in [0, 0.05) is 61.6 Å². The highest BCUT2D eigenvalue weighted by Crippen LogP contribution is 2.32. The molecule has 8 heteroatoms. The third-order valence-electron chi connectivity index (χ3n) is 6.32. The molecule has 8 nitrogen and oxygen atoms in total. The van der Waals surface area contributed by atoms with Gasteiger partial charge in [-0.2, -0.15) is 0 Å². The second-order valence-electron chi connectivity index (χ2n) is 8.41. The Bertz CT molecular complexity index is 955. The van der Waals surface area contributed by atoms with E-state index in [2.05, 4.69) is 21.7 Å². The molecule has 0 radical (unpaired) electrons. The van der Waals surface area contributed by atoms with Gasteiger partial charge < -0.3 is 9.80 Å². The highest BCUT2D eigenvalue weighted by molar-refractivity contribution is 5.97. The number of carbonyl (C=O) groups is 1. The van der Waals surface area contributed by atoms with Crippen molar-refractivity contribution in [2.24, 2.45) is 0 Å². The molecule has 30 heavy (non-hydrogen) atoms. The number of piperazine rings is 1. The van der Waals surface area contributed by atoms with Crippen LogP contribution in [-0.2, 0) is 4.79 Å². The summed E-state index contributed by atoms with van der Waals surface area (Å²) in [5.74, 6) is 0.233. The minimum atomic E-state index is -0.371. The van der Waals surface area contributed by atoms with Crippen LogP contribution in [0.3, 0.4) is 0 Å². The molecule has 0 aliphatic carbocycles. The average molecular weight is 412 g/mol. The van der Waals surface area contributed by atoms with Gasteiger partial charge in [0.2, 0.25) is 5.91 Å². The summed E-state index contributed by atoms with van der Waals surface area (Å²) in [6, 6.07) is 7.47. The van der Waals surface area contributed by atoms with Crippen molar-refractivity contribution in [1.29, 1.82) is 0 Å². The third kappa shape index (κ3) is 4.09. The molecule has 1 aromatic heterocycles. The number of nitro groups is 1. The average Bonchev–Trinajstić information content (AvgIpc) is 2.73. The lowest BCUT2D eigenvalue weighted by molar-refractivity contribution is -0.383. The number of aromatic nitrogens is 1. The fraction of sp³-hybridized carbons (Fsp3) is 0.545. The van der Waals surface area contributed by atoms with Gasteiger partial charge in [-0.3, -0.25) is 19.8 Å². The monoisotopic (exact) mass is 411 g/mol. The number of hydrogen-bond acceptors (Lipinski definition) is 6. The Kier molecular flexibility index (Phi) is 5.85. The Hall–Kier alpha value is -2.74. The first-order valence-electron chi connectivity index (χ1n) is 10.8. The van der Waals surface area contributed by atoms with Crippen LogP contribution < -0.4 is 4.90 Å². The summed E-state index contributed by atoms with van der Waals surface area (Å²) >= 11 is 0. The van der Waals surface area contributed by atoms with Crippen molar-refractivity contribution in [3.05, 3.63) is 40.1 Å². The van der Waals surface area contributed by atoms with Crippen LogP contribution in [-0.4, -0.2) is 70.9 Å². The van der Waals surface area contributed by atoms with Crippen molar-refractivity contribution >= 4 is 28.2 Å². The molecule has 3 heterocycles. The number of rotatable bonds is 4. The zero-order valence-electron chi connectivity index (χ0n) is 17.7. The molecule has 2 saturated heterocycles. The molecule has 2 aromatic rings. The molecule has 1 amide bonds. The molecule has 0 bridgehead atoms. The number of benzene rings is 1. The molecule has 1 atom stereocenters. The van der Waals surface area contributed by atoms with Gasteiger partial charge in [-0.05, 0) is 39.2 Å². The Morgan fingerprint density at radius 3 is 2.67 bits per heavy atom. The van der Waals surface area contributed by atoms with E-state index in [0.717, 1.165) is 62.3 Å². The maximum absolute atomic E-state index is 12.7. The van der Waals surface area contributed by atoms with Crippen LogP contribution in [0.2, 0.25) is 0 Å². The van der Waals surface area contributed by atoms with Crippen LogP contribution in [0, 0.1) is 17.0 Å². The number of non-ortho nitro benzene ring substituents is 1. The minimum Gasteiger partial charge on any atom is -0.368 e. The van der Waals surface area contributed by atoms with Crippen LogP contribution in [0.25, 0.3) is 10.9 Å². The van der Waals surface area contributed by atoms with Crippen LogP contribution in [0.4, 0.5) is 11.4 Å². The van der Waals surface area contributed by atoms with E-state index in [1.807, 2.05) is 24.0 Å². The van der Waals surface area contributed by atoms with Crippen molar-refractivity contribution in [3.63, 3.8) is 0 Å². The van der Waals surface area contributed by atoms with Crippen LogP contribution >= 0.6 is 0 Å². The first kappa shape index (κ1) is 20.5. The Morgan fingerprint density at radius 1 is 1.20 bits per heavy atom. The summed E-state index contributed by atoms with van der Waals surface area (Å²) in [5.41, 5.74) is 2.23. The van der Waals surface area contributed by atoms with Gasteiger partial charge in [0.15, 0.2) is 5.52 Å². The molecular formula is C22H29N5O3. The predicted octanol–water partition coefficient (Wildman–Crippen LogP) is 2.97. The van der Waals surface area contributed by atoms with Crippen molar-refractivity contribution in [1.82, 2.24) is 14.8 Å². The van der Waals surface area contributed by atoms with Crippen LogP contribution in [0.1, 0.15) is 31.9 Å². The summed E-state index contributed by atoms with van der Waals surface area (Å²) in [6.07, 6.45) is 3.41. The number of nitrogens with zero attached hydrogens (tertiary/aromatic N) is 5. The lowest BCUT2D eigenvalue weighted by Gasteiger charge is -2.39. The van der Waals surface area contributed by atoms with Crippen molar-refractivity contribution < 1.29 is 9.72 Å². The van der Waals surface area contributed by atoms with Gasteiger partial charge in [-0.1, -0.05) is 12.1 Å². The molecule has 0 N–H and O–H groups in total. The number of fused-ring (bicyclic) bond motifs is 1. The van der Waals surface area contributed by atoms with E-state index in [4.69, 9.17) is 0 Å². The number of para-hydroxylation sites is 1. The van der Waals surface area contributed by atoms with Gasteiger partial charge in [0.25, 0.3) is 5.69 Å². The van der Waals surface area contributed by atoms with Crippen LogP contribution in [0.5, 0.6) is 0 Å². The number of pyridine rings is 1. The number of hydrogen-bond donors (Lipinski definition) is 0. The number of carbonyl (C=O) groups excluding carboxylic acids is 1. The quantitative estimate of drug-likeness (QED) is 0.568.